The summed E-state index contributed by atoms with van der Waals surface area (Å²) in [5, 5.41) is 8.68. The van der Waals surface area contributed by atoms with Gasteiger partial charge in [-0.1, -0.05) is 0 Å². The number of rotatable bonds is 7. The number of carboxylic acids is 1. The van der Waals surface area contributed by atoms with Gasteiger partial charge in [-0.3, -0.25) is 28.7 Å². The standard InChI is InChI=1S/C10H15NO2.C9H15NO2.C7H11NO.C5H11O5P.Na.H/c1-13-10(12)6-9-7-11-4-2-8(9)3-5-11;11-9(12)5-8-6-10-3-1-7(8)2-4-10;9-7-5-8-3-1-6(7)2-4-8;1-8-5(6)4-11(7,9-2)10-3;;/h6,8H,2-5,7H2,1H3;7-8H,1-6H2,(H,11,12);6H,1-5H2;4H2,1-3H3;;/q;;;;+1;-1/b9-6+;;;;;. The summed E-state index contributed by atoms with van der Waals surface area (Å²) in [6.07, 6.45) is 8.81. The molecule has 46 heavy (non-hydrogen) atoms. The molecular formula is C31H53N3NaO10P. The van der Waals surface area contributed by atoms with Crippen LogP contribution in [0, 0.1) is 23.7 Å². The Morgan fingerprint density at radius 3 is 1.67 bits per heavy atom. The Morgan fingerprint density at radius 1 is 0.826 bits per heavy atom. The smallest absolute Gasteiger partial charge is 1.00 e. The number of nitrogens with zero attached hydrogens (tertiary/aromatic N) is 3. The molecule has 0 aromatic heterocycles. The van der Waals surface area contributed by atoms with Gasteiger partial charge in [-0.05, 0) is 101 Å². The van der Waals surface area contributed by atoms with Gasteiger partial charge in [0.05, 0.1) is 20.8 Å². The molecule has 258 valence electrons. The van der Waals surface area contributed by atoms with Crippen LogP contribution in [0.15, 0.2) is 11.6 Å². The molecule has 6 bridgehead atoms. The van der Waals surface area contributed by atoms with E-state index in [9.17, 15) is 23.7 Å². The van der Waals surface area contributed by atoms with Crippen molar-refractivity contribution >= 4 is 31.3 Å². The van der Waals surface area contributed by atoms with Crippen LogP contribution >= 0.6 is 7.60 Å². The molecule has 1 atom stereocenters. The molecule has 9 heterocycles. The van der Waals surface area contributed by atoms with Crippen molar-refractivity contribution in [2.45, 2.75) is 44.9 Å². The molecule has 9 rings (SSSR count). The summed E-state index contributed by atoms with van der Waals surface area (Å²) in [6.45, 7) is 9.85. The van der Waals surface area contributed by atoms with Gasteiger partial charge in [-0.15, -0.1) is 0 Å². The molecule has 0 saturated carbocycles. The second-order valence-electron chi connectivity index (χ2n) is 12.5. The Kier molecular flexibility index (Phi) is 18.2. The van der Waals surface area contributed by atoms with Gasteiger partial charge in [0.1, 0.15) is 11.9 Å². The van der Waals surface area contributed by atoms with Crippen molar-refractivity contribution in [1.29, 1.82) is 0 Å². The number of aliphatic carboxylic acids is 1. The van der Waals surface area contributed by atoms with Gasteiger partial charge in [0.15, 0.2) is 0 Å². The number of ketones is 1. The summed E-state index contributed by atoms with van der Waals surface area (Å²) in [6, 6.07) is 0. The van der Waals surface area contributed by atoms with E-state index in [1.54, 1.807) is 6.08 Å². The van der Waals surface area contributed by atoms with Crippen molar-refractivity contribution in [2.24, 2.45) is 23.7 Å². The Labute approximate surface area is 297 Å². The average Bonchev–Trinajstić information content (AvgIpc) is 3.07. The minimum Gasteiger partial charge on any atom is -1.00 e. The Balaban J connectivity index is 0.000000311. The van der Waals surface area contributed by atoms with Gasteiger partial charge < -0.3 is 30.0 Å². The second-order valence-corrected chi connectivity index (χ2v) is 14.8. The van der Waals surface area contributed by atoms with Crippen LogP contribution in [0.5, 0.6) is 0 Å². The molecule has 0 radical (unpaired) electrons. The molecule has 15 heteroatoms. The fourth-order valence-electron chi connectivity index (χ4n) is 6.95. The quantitative estimate of drug-likeness (QED) is 0.162. The summed E-state index contributed by atoms with van der Waals surface area (Å²) in [7, 11) is 1.84. The predicted molar refractivity (Wildman–Crippen MR) is 168 cm³/mol. The normalized spacial score (nSPS) is 31.1. The van der Waals surface area contributed by atoms with Gasteiger partial charge in [0, 0.05) is 45.7 Å². The summed E-state index contributed by atoms with van der Waals surface area (Å²) in [4.78, 5) is 50.2. The van der Waals surface area contributed by atoms with E-state index in [4.69, 9.17) is 5.11 Å². The van der Waals surface area contributed by atoms with Crippen LogP contribution in [0.1, 0.15) is 46.4 Å². The third-order valence-electron chi connectivity index (χ3n) is 9.78. The fourth-order valence-corrected chi connectivity index (χ4v) is 7.81. The Hall–Kier alpha value is -1.15. The number of carbonyl (C=O) groups excluding carboxylic acids is 3. The maximum Gasteiger partial charge on any atom is 1.00 e. The van der Waals surface area contributed by atoms with Gasteiger partial charge in [-0.25, -0.2) is 4.79 Å². The molecule has 9 aliphatic heterocycles. The van der Waals surface area contributed by atoms with E-state index in [-0.39, 0.29) is 43.1 Å². The van der Waals surface area contributed by atoms with Crippen molar-refractivity contribution in [3.8, 4) is 0 Å². The van der Waals surface area contributed by atoms with E-state index < -0.39 is 19.5 Å². The third-order valence-corrected chi connectivity index (χ3v) is 11.5. The molecule has 9 aliphatic rings. The number of methoxy groups -OCH3 is 2. The van der Waals surface area contributed by atoms with Crippen molar-refractivity contribution in [1.82, 2.24) is 14.7 Å². The van der Waals surface area contributed by atoms with Gasteiger partial charge in [0.2, 0.25) is 0 Å². The zero-order valence-corrected chi connectivity index (χ0v) is 31.2. The average molecular weight is 682 g/mol. The molecule has 9 fully saturated rings. The monoisotopic (exact) mass is 681 g/mol. The maximum atomic E-state index is 11.2. The molecule has 0 aromatic rings. The fraction of sp³-hybridized carbons (Fsp3) is 0.806. The van der Waals surface area contributed by atoms with E-state index in [2.05, 4.69) is 33.2 Å². The first kappa shape index (κ1) is 41.0. The second kappa shape index (κ2) is 20.4. The molecule has 0 amide bonds. The summed E-state index contributed by atoms with van der Waals surface area (Å²) < 4.78 is 29.1. The van der Waals surface area contributed by atoms with E-state index >= 15 is 0 Å². The molecule has 1 unspecified atom stereocenters. The van der Waals surface area contributed by atoms with Crippen LogP contribution in [-0.2, 0) is 42.3 Å². The summed E-state index contributed by atoms with van der Waals surface area (Å²) in [5.41, 5.74) is 1.27. The maximum absolute atomic E-state index is 11.2. The first-order chi connectivity index (χ1) is 21.5. The van der Waals surface area contributed by atoms with Crippen LogP contribution in [0.3, 0.4) is 0 Å². The number of carbonyl (C=O) groups is 4. The van der Waals surface area contributed by atoms with Crippen molar-refractivity contribution in [3.63, 3.8) is 0 Å². The molecule has 1 N–H and O–H groups in total. The van der Waals surface area contributed by atoms with Gasteiger partial charge >= 0.3 is 55.1 Å². The largest absolute Gasteiger partial charge is 1.00 e. The molecule has 13 nitrogen and oxygen atoms in total. The first-order valence-electron chi connectivity index (χ1n) is 16.0. The first-order valence-corrected chi connectivity index (χ1v) is 17.7. The SMILES string of the molecule is COC(=O)/C=C1\CN2CCC1CC2.COC(=O)CP(=O)(OC)OC.O=C(O)CC1CN2CCC1CC2.O=C1CN2CCC1CC2.[H-].[Na+]. The number of piperidine rings is 9. The van der Waals surface area contributed by atoms with Gasteiger partial charge in [0.25, 0.3) is 0 Å². The van der Waals surface area contributed by atoms with E-state index in [1.807, 2.05) is 0 Å². The number of hydrogen-bond acceptors (Lipinski definition) is 12. The minimum absolute atomic E-state index is 0. The topological polar surface area (TPSA) is 152 Å². The summed E-state index contributed by atoms with van der Waals surface area (Å²) in [5.74, 6) is 1.25. The van der Waals surface area contributed by atoms with Crippen molar-refractivity contribution in [3.05, 3.63) is 11.6 Å². The number of hydrogen-bond donors (Lipinski definition) is 1. The third kappa shape index (κ3) is 13.0. The molecule has 9 saturated heterocycles. The molecular weight excluding hydrogens is 628 g/mol. The van der Waals surface area contributed by atoms with Crippen LogP contribution < -0.4 is 29.6 Å². The molecule has 0 aromatic carbocycles. The van der Waals surface area contributed by atoms with E-state index in [0.717, 1.165) is 45.6 Å². The summed E-state index contributed by atoms with van der Waals surface area (Å²) >= 11 is 0. The Morgan fingerprint density at radius 2 is 1.35 bits per heavy atom. The molecule has 0 aliphatic carbocycles. The van der Waals surface area contributed by atoms with Gasteiger partial charge in [-0.2, -0.15) is 0 Å². The Bertz CT molecular complexity index is 1080. The molecule has 0 spiro atoms. The van der Waals surface area contributed by atoms with E-state index in [0.29, 0.717) is 35.9 Å². The van der Waals surface area contributed by atoms with Crippen LogP contribution in [0.4, 0.5) is 0 Å². The number of fused-ring (bicyclic) bond motifs is 9. The minimum atomic E-state index is -3.23. The number of carboxylic acid groups (broad SMARTS) is 1. The van der Waals surface area contributed by atoms with E-state index in [1.165, 1.54) is 85.9 Å². The van der Waals surface area contributed by atoms with Crippen molar-refractivity contribution in [2.75, 3.05) is 93.5 Å². The predicted octanol–water partition coefficient (Wildman–Crippen LogP) is -0.343. The number of Topliss-reactive ketones (excluding diaryl/α,β-unsaturated/α-hetero) is 1. The van der Waals surface area contributed by atoms with Crippen LogP contribution in [0.2, 0.25) is 0 Å². The number of esters is 2. The zero-order valence-electron chi connectivity index (χ0n) is 29.3. The van der Waals surface area contributed by atoms with Crippen molar-refractivity contribution < 1.29 is 78.4 Å². The van der Waals surface area contributed by atoms with Crippen LogP contribution in [0.25, 0.3) is 0 Å². The number of ether oxygens (including phenoxy) is 2. The van der Waals surface area contributed by atoms with Crippen LogP contribution in [-0.4, -0.2) is 137 Å². The zero-order chi connectivity index (χ0) is 33.0.